The van der Waals surface area contributed by atoms with E-state index in [0.717, 1.165) is 11.1 Å². The van der Waals surface area contributed by atoms with E-state index < -0.39 is 15.9 Å². The number of benzene rings is 3. The van der Waals surface area contributed by atoms with E-state index in [-0.39, 0.29) is 23.4 Å². The Bertz CT molecular complexity index is 1200. The molecule has 6 nitrogen and oxygen atoms in total. The summed E-state index contributed by atoms with van der Waals surface area (Å²) in [6.45, 7) is 6.27. The summed E-state index contributed by atoms with van der Waals surface area (Å²) in [5, 5.41) is 4.01. The van der Waals surface area contributed by atoms with Gasteiger partial charge in [0.15, 0.2) is 0 Å². The van der Waals surface area contributed by atoms with Crippen molar-refractivity contribution in [3.05, 3.63) is 102 Å². The summed E-state index contributed by atoms with van der Waals surface area (Å²) >= 11 is 0. The van der Waals surface area contributed by atoms with Crippen molar-refractivity contribution < 1.29 is 13.2 Å². The molecule has 178 valence electrons. The predicted octanol–water partition coefficient (Wildman–Crippen LogP) is 4.37. The van der Waals surface area contributed by atoms with Gasteiger partial charge < -0.3 is 0 Å². The monoisotopic (exact) mass is 477 g/mol. The van der Waals surface area contributed by atoms with E-state index in [1.54, 1.807) is 24.4 Å². The SMILES string of the molecule is CC(C)(C)c1ccc(/C=N/NC(=O)CN(CCc2ccccc2)S(=O)(=O)c2ccccc2)cc1. The first-order valence-corrected chi connectivity index (χ1v) is 12.6. The second-order valence-corrected chi connectivity index (χ2v) is 11.0. The highest BCUT2D eigenvalue weighted by Gasteiger charge is 2.26. The summed E-state index contributed by atoms with van der Waals surface area (Å²) < 4.78 is 27.6. The van der Waals surface area contributed by atoms with Gasteiger partial charge in [-0.2, -0.15) is 9.41 Å². The molecule has 34 heavy (non-hydrogen) atoms. The van der Waals surface area contributed by atoms with Crippen LogP contribution in [0, 0.1) is 0 Å². The number of hydrazone groups is 1. The van der Waals surface area contributed by atoms with Crippen molar-refractivity contribution in [1.82, 2.24) is 9.73 Å². The van der Waals surface area contributed by atoms with Crippen LogP contribution in [0.25, 0.3) is 0 Å². The third-order valence-electron chi connectivity index (χ3n) is 5.37. The van der Waals surface area contributed by atoms with E-state index in [1.807, 2.05) is 54.6 Å². The zero-order valence-electron chi connectivity index (χ0n) is 19.8. The number of carbonyl (C=O) groups is 1. The van der Waals surface area contributed by atoms with Gasteiger partial charge in [-0.15, -0.1) is 0 Å². The topological polar surface area (TPSA) is 78.8 Å². The molecule has 0 aliphatic heterocycles. The van der Waals surface area contributed by atoms with Crippen LogP contribution in [-0.2, 0) is 26.7 Å². The Morgan fingerprint density at radius 1 is 0.912 bits per heavy atom. The van der Waals surface area contributed by atoms with Crippen LogP contribution >= 0.6 is 0 Å². The minimum absolute atomic E-state index is 0.0529. The van der Waals surface area contributed by atoms with Gasteiger partial charge in [0, 0.05) is 6.54 Å². The number of carbonyl (C=O) groups excluding carboxylic acids is 1. The van der Waals surface area contributed by atoms with E-state index in [0.29, 0.717) is 6.42 Å². The fraction of sp³-hybridized carbons (Fsp3) is 0.259. The zero-order valence-corrected chi connectivity index (χ0v) is 20.6. The molecule has 0 atom stereocenters. The van der Waals surface area contributed by atoms with Crippen LogP contribution in [0.5, 0.6) is 0 Å². The van der Waals surface area contributed by atoms with E-state index >= 15 is 0 Å². The number of hydrogen-bond donors (Lipinski definition) is 1. The van der Waals surface area contributed by atoms with Crippen molar-refractivity contribution in [2.75, 3.05) is 13.1 Å². The van der Waals surface area contributed by atoms with Gasteiger partial charge >= 0.3 is 0 Å². The van der Waals surface area contributed by atoms with Gasteiger partial charge in [-0.3, -0.25) is 4.79 Å². The second kappa shape index (κ2) is 11.2. The molecule has 0 unspecified atom stereocenters. The van der Waals surface area contributed by atoms with Gasteiger partial charge in [-0.1, -0.05) is 93.6 Å². The minimum Gasteiger partial charge on any atom is -0.272 e. The lowest BCUT2D eigenvalue weighted by molar-refractivity contribution is -0.121. The Balaban J connectivity index is 1.68. The Morgan fingerprint density at radius 2 is 1.50 bits per heavy atom. The highest BCUT2D eigenvalue weighted by atomic mass is 32.2. The number of nitrogens with one attached hydrogen (secondary N) is 1. The highest BCUT2D eigenvalue weighted by Crippen LogP contribution is 2.21. The number of nitrogens with zero attached hydrogens (tertiary/aromatic N) is 2. The third-order valence-corrected chi connectivity index (χ3v) is 7.23. The molecule has 7 heteroatoms. The largest absolute Gasteiger partial charge is 0.272 e. The Kier molecular flexibility index (Phi) is 8.36. The van der Waals surface area contributed by atoms with E-state index in [4.69, 9.17) is 0 Å². The van der Waals surface area contributed by atoms with Crippen molar-refractivity contribution in [3.63, 3.8) is 0 Å². The minimum atomic E-state index is -3.84. The van der Waals surface area contributed by atoms with Gasteiger partial charge in [0.25, 0.3) is 5.91 Å². The molecular formula is C27H31N3O3S. The standard InChI is InChI=1S/C27H31N3O3S/c1-27(2,3)24-16-14-23(15-17-24)20-28-29-26(31)21-30(19-18-22-10-6-4-7-11-22)34(32,33)25-12-8-5-9-13-25/h4-17,20H,18-19,21H2,1-3H3,(H,29,31)/b28-20+. The van der Waals surface area contributed by atoms with Crippen molar-refractivity contribution in [3.8, 4) is 0 Å². The van der Waals surface area contributed by atoms with Crippen molar-refractivity contribution in [2.45, 2.75) is 37.5 Å². The number of rotatable bonds is 9. The number of hydrogen-bond acceptors (Lipinski definition) is 4. The average Bonchev–Trinajstić information content (AvgIpc) is 2.82. The maximum atomic E-state index is 13.2. The smallest absolute Gasteiger partial charge is 0.255 e. The van der Waals surface area contributed by atoms with Crippen LogP contribution in [0.4, 0.5) is 0 Å². The molecule has 1 amide bonds. The molecule has 0 aromatic heterocycles. The molecule has 0 radical (unpaired) electrons. The Morgan fingerprint density at radius 3 is 2.09 bits per heavy atom. The summed E-state index contributed by atoms with van der Waals surface area (Å²) in [5.41, 5.74) is 5.54. The zero-order chi connectivity index (χ0) is 24.6. The van der Waals surface area contributed by atoms with Crippen LogP contribution in [-0.4, -0.2) is 37.9 Å². The fourth-order valence-electron chi connectivity index (χ4n) is 3.37. The van der Waals surface area contributed by atoms with Crippen LogP contribution in [0.3, 0.4) is 0 Å². The molecular weight excluding hydrogens is 446 g/mol. The molecule has 0 saturated carbocycles. The summed E-state index contributed by atoms with van der Waals surface area (Å²) in [5.74, 6) is -0.505. The molecule has 3 rings (SSSR count). The Labute approximate surface area is 202 Å². The van der Waals surface area contributed by atoms with Crippen LogP contribution in [0.15, 0.2) is 94.9 Å². The molecule has 0 spiro atoms. The molecule has 3 aromatic carbocycles. The summed E-state index contributed by atoms with van der Waals surface area (Å²) in [7, 11) is -3.84. The third kappa shape index (κ3) is 7.10. The molecule has 3 aromatic rings. The molecule has 0 fully saturated rings. The van der Waals surface area contributed by atoms with Crippen LogP contribution in [0.2, 0.25) is 0 Å². The normalized spacial score (nSPS) is 12.2. The lowest BCUT2D eigenvalue weighted by Gasteiger charge is -2.21. The quantitative estimate of drug-likeness (QED) is 0.367. The molecule has 0 saturated heterocycles. The molecule has 1 N–H and O–H groups in total. The van der Waals surface area contributed by atoms with Gasteiger partial charge in [0.2, 0.25) is 10.0 Å². The van der Waals surface area contributed by atoms with Gasteiger partial charge in [0.1, 0.15) is 0 Å². The molecule has 0 aliphatic rings. The summed E-state index contributed by atoms with van der Waals surface area (Å²) in [4.78, 5) is 12.7. The van der Waals surface area contributed by atoms with Crippen molar-refractivity contribution in [2.24, 2.45) is 5.10 Å². The van der Waals surface area contributed by atoms with Crippen LogP contribution < -0.4 is 5.43 Å². The molecule has 0 heterocycles. The summed E-state index contributed by atoms with van der Waals surface area (Å²) in [6.07, 6.45) is 2.04. The first kappa shape index (κ1) is 25.3. The lowest BCUT2D eigenvalue weighted by Crippen LogP contribution is -2.40. The second-order valence-electron chi connectivity index (χ2n) is 9.05. The Hall–Kier alpha value is -3.29. The highest BCUT2D eigenvalue weighted by molar-refractivity contribution is 7.89. The average molecular weight is 478 g/mol. The number of sulfonamides is 1. The first-order valence-electron chi connectivity index (χ1n) is 11.2. The fourth-order valence-corrected chi connectivity index (χ4v) is 4.79. The van der Waals surface area contributed by atoms with E-state index in [1.165, 1.54) is 22.0 Å². The maximum absolute atomic E-state index is 13.2. The van der Waals surface area contributed by atoms with Gasteiger partial charge in [-0.25, -0.2) is 13.8 Å². The van der Waals surface area contributed by atoms with E-state index in [9.17, 15) is 13.2 Å². The first-order chi connectivity index (χ1) is 16.2. The van der Waals surface area contributed by atoms with E-state index in [2.05, 4.69) is 31.3 Å². The number of amides is 1. The predicted molar refractivity (Wildman–Crippen MR) is 136 cm³/mol. The lowest BCUT2D eigenvalue weighted by atomic mass is 9.87. The molecule has 0 aliphatic carbocycles. The molecule has 0 bridgehead atoms. The van der Waals surface area contributed by atoms with Crippen molar-refractivity contribution in [1.29, 1.82) is 0 Å². The summed E-state index contributed by atoms with van der Waals surface area (Å²) in [6, 6.07) is 25.6. The van der Waals surface area contributed by atoms with Gasteiger partial charge in [-0.05, 0) is 40.7 Å². The van der Waals surface area contributed by atoms with Crippen molar-refractivity contribution >= 4 is 22.1 Å². The van der Waals surface area contributed by atoms with Gasteiger partial charge in [0.05, 0.1) is 17.7 Å². The van der Waals surface area contributed by atoms with Crippen LogP contribution in [0.1, 0.15) is 37.5 Å². The maximum Gasteiger partial charge on any atom is 0.255 e.